The van der Waals surface area contributed by atoms with Crippen LogP contribution in [0.25, 0.3) is 0 Å². The number of benzene rings is 1. The van der Waals surface area contributed by atoms with Crippen LogP contribution in [0.5, 0.6) is 0 Å². The van der Waals surface area contributed by atoms with Crippen molar-refractivity contribution < 1.29 is 17.7 Å². The zero-order valence-corrected chi connectivity index (χ0v) is 18.0. The molecule has 0 unspecified atom stereocenters. The highest BCUT2D eigenvalue weighted by Crippen LogP contribution is 2.23. The number of hydrogen-bond acceptors (Lipinski definition) is 6. The topological polar surface area (TPSA) is 114 Å². The van der Waals surface area contributed by atoms with Crippen LogP contribution in [0.15, 0.2) is 33.7 Å². The maximum Gasteiger partial charge on any atom is 0.243 e. The van der Waals surface area contributed by atoms with Gasteiger partial charge in [-0.1, -0.05) is 38.1 Å². The van der Waals surface area contributed by atoms with Gasteiger partial charge in [0.05, 0.1) is 5.69 Å². The van der Waals surface area contributed by atoms with Crippen LogP contribution in [0.2, 0.25) is 0 Å². The Balaban J connectivity index is 2.08. The lowest BCUT2D eigenvalue weighted by Gasteiger charge is -2.21. The fourth-order valence-corrected chi connectivity index (χ4v) is 3.94. The maximum absolute atomic E-state index is 12.6. The second-order valence-corrected chi connectivity index (χ2v) is 10.3. The van der Waals surface area contributed by atoms with E-state index < -0.39 is 15.6 Å². The van der Waals surface area contributed by atoms with Gasteiger partial charge in [-0.05, 0) is 32.9 Å². The average Bonchev–Trinajstić information content (AvgIpc) is 3.00. The minimum atomic E-state index is -3.78. The molecule has 9 heteroatoms. The van der Waals surface area contributed by atoms with Crippen molar-refractivity contribution in [2.75, 3.05) is 5.32 Å². The SMILES string of the molecule is CC(C)(C)NS(=O)(=O)c1ccccc1NC(=O)CCc1nc(C(C)(C)C)no1. The molecule has 28 heavy (non-hydrogen) atoms. The highest BCUT2D eigenvalue weighted by molar-refractivity contribution is 7.89. The number of carbonyl (C=O) groups excluding carboxylic acids is 1. The highest BCUT2D eigenvalue weighted by atomic mass is 32.2. The second kappa shape index (κ2) is 8.00. The minimum Gasteiger partial charge on any atom is -0.339 e. The van der Waals surface area contributed by atoms with E-state index in [0.717, 1.165) is 0 Å². The Morgan fingerprint density at radius 3 is 2.32 bits per heavy atom. The number of anilines is 1. The molecule has 154 valence electrons. The van der Waals surface area contributed by atoms with Crippen LogP contribution >= 0.6 is 0 Å². The Kier molecular flexibility index (Phi) is 6.30. The molecule has 0 atom stereocenters. The number of aryl methyl sites for hydroxylation is 1. The molecule has 0 saturated carbocycles. The van der Waals surface area contributed by atoms with Gasteiger partial charge in [0.15, 0.2) is 5.82 Å². The van der Waals surface area contributed by atoms with Crippen molar-refractivity contribution in [2.24, 2.45) is 0 Å². The fourth-order valence-electron chi connectivity index (χ4n) is 2.36. The molecule has 1 aromatic carbocycles. The van der Waals surface area contributed by atoms with Crippen molar-refractivity contribution in [3.63, 3.8) is 0 Å². The predicted octanol–water partition coefficient (Wildman–Crippen LogP) is 3.02. The molecule has 0 aliphatic carbocycles. The summed E-state index contributed by atoms with van der Waals surface area (Å²) in [6.07, 6.45) is 0.358. The van der Waals surface area contributed by atoms with E-state index in [-0.39, 0.29) is 34.7 Å². The average molecular weight is 409 g/mol. The number of para-hydroxylation sites is 1. The van der Waals surface area contributed by atoms with E-state index in [0.29, 0.717) is 11.7 Å². The first kappa shape index (κ1) is 22.0. The van der Waals surface area contributed by atoms with E-state index in [2.05, 4.69) is 20.2 Å². The van der Waals surface area contributed by atoms with Gasteiger partial charge in [-0.25, -0.2) is 13.1 Å². The monoisotopic (exact) mass is 408 g/mol. The molecule has 2 aromatic rings. The first-order chi connectivity index (χ1) is 12.8. The van der Waals surface area contributed by atoms with E-state index in [1.54, 1.807) is 39.0 Å². The molecule has 8 nitrogen and oxygen atoms in total. The number of nitrogens with one attached hydrogen (secondary N) is 2. The van der Waals surface area contributed by atoms with Crippen molar-refractivity contribution in [3.05, 3.63) is 36.0 Å². The third-order valence-corrected chi connectivity index (χ3v) is 5.41. The number of carbonyl (C=O) groups is 1. The van der Waals surface area contributed by atoms with Gasteiger partial charge >= 0.3 is 0 Å². The minimum absolute atomic E-state index is 0.0195. The van der Waals surface area contributed by atoms with Gasteiger partial charge < -0.3 is 9.84 Å². The fraction of sp³-hybridized carbons (Fsp3) is 0.526. The zero-order valence-electron chi connectivity index (χ0n) is 17.2. The summed E-state index contributed by atoms with van der Waals surface area (Å²) in [5, 5.41) is 6.59. The van der Waals surface area contributed by atoms with Gasteiger partial charge in [-0.15, -0.1) is 0 Å². The molecular weight excluding hydrogens is 380 g/mol. The number of sulfonamides is 1. The predicted molar refractivity (Wildman–Crippen MR) is 106 cm³/mol. The highest BCUT2D eigenvalue weighted by Gasteiger charge is 2.25. The first-order valence-electron chi connectivity index (χ1n) is 9.04. The van der Waals surface area contributed by atoms with Gasteiger partial charge in [0.25, 0.3) is 0 Å². The van der Waals surface area contributed by atoms with E-state index in [9.17, 15) is 13.2 Å². The number of nitrogens with zero attached hydrogens (tertiary/aromatic N) is 2. The van der Waals surface area contributed by atoms with Crippen LogP contribution in [-0.4, -0.2) is 30.0 Å². The van der Waals surface area contributed by atoms with Crippen LogP contribution in [0, 0.1) is 0 Å². The normalized spacial score (nSPS) is 12.8. The summed E-state index contributed by atoms with van der Waals surface area (Å²) in [6, 6.07) is 6.29. The smallest absolute Gasteiger partial charge is 0.243 e. The number of aromatic nitrogens is 2. The molecular formula is C19H28N4O4S. The lowest BCUT2D eigenvalue weighted by atomic mass is 9.96. The summed E-state index contributed by atoms with van der Waals surface area (Å²) >= 11 is 0. The van der Waals surface area contributed by atoms with Crippen LogP contribution in [0.4, 0.5) is 5.69 Å². The Morgan fingerprint density at radius 2 is 1.75 bits per heavy atom. The van der Waals surface area contributed by atoms with E-state index in [4.69, 9.17) is 4.52 Å². The molecule has 0 saturated heterocycles. The molecule has 0 aliphatic heterocycles. The summed E-state index contributed by atoms with van der Waals surface area (Å²) in [7, 11) is -3.78. The molecule has 0 fully saturated rings. The third kappa shape index (κ3) is 6.13. The quantitative estimate of drug-likeness (QED) is 0.759. The molecule has 0 aliphatic rings. The summed E-state index contributed by atoms with van der Waals surface area (Å²) < 4.78 is 33.0. The third-order valence-electron chi connectivity index (χ3n) is 3.60. The van der Waals surface area contributed by atoms with Crippen LogP contribution in [0.3, 0.4) is 0 Å². The number of rotatable bonds is 6. The van der Waals surface area contributed by atoms with Crippen molar-refractivity contribution in [3.8, 4) is 0 Å². The van der Waals surface area contributed by atoms with Gasteiger partial charge in [-0.2, -0.15) is 4.98 Å². The van der Waals surface area contributed by atoms with Crippen molar-refractivity contribution in [1.82, 2.24) is 14.9 Å². The maximum atomic E-state index is 12.6. The van der Waals surface area contributed by atoms with Gasteiger partial charge in [0.2, 0.25) is 21.8 Å². The Morgan fingerprint density at radius 1 is 1.11 bits per heavy atom. The van der Waals surface area contributed by atoms with Crippen molar-refractivity contribution in [1.29, 1.82) is 0 Å². The number of amides is 1. The summed E-state index contributed by atoms with van der Waals surface area (Å²) in [6.45, 7) is 11.2. The molecule has 0 radical (unpaired) electrons. The summed E-state index contributed by atoms with van der Waals surface area (Å²) in [4.78, 5) is 16.7. The Hall–Kier alpha value is -2.26. The first-order valence-corrected chi connectivity index (χ1v) is 10.5. The second-order valence-electron chi connectivity index (χ2n) is 8.66. The molecule has 2 rings (SSSR count). The molecule has 1 aromatic heterocycles. The zero-order chi connectivity index (χ0) is 21.2. The van der Waals surface area contributed by atoms with Crippen molar-refractivity contribution >= 4 is 21.6 Å². The van der Waals surface area contributed by atoms with Crippen molar-refractivity contribution in [2.45, 2.75) is 70.2 Å². The molecule has 0 bridgehead atoms. The Bertz CT molecular complexity index is 937. The van der Waals surface area contributed by atoms with Gasteiger partial charge in [-0.3, -0.25) is 4.79 Å². The van der Waals surface area contributed by atoms with Crippen LogP contribution in [0.1, 0.15) is 59.7 Å². The summed E-state index contributed by atoms with van der Waals surface area (Å²) in [5.41, 5.74) is -0.652. The summed E-state index contributed by atoms with van der Waals surface area (Å²) in [5.74, 6) is 0.608. The van der Waals surface area contributed by atoms with Gasteiger partial charge in [0, 0.05) is 23.8 Å². The largest absolute Gasteiger partial charge is 0.339 e. The van der Waals surface area contributed by atoms with E-state index in [1.807, 2.05) is 20.8 Å². The molecule has 1 amide bonds. The number of hydrogen-bond donors (Lipinski definition) is 2. The van der Waals surface area contributed by atoms with E-state index in [1.165, 1.54) is 6.07 Å². The Labute approximate surface area is 166 Å². The molecule has 1 heterocycles. The molecule has 2 N–H and O–H groups in total. The standard InChI is InChI=1S/C19H28N4O4S/c1-18(2,3)17-21-16(27-22-17)12-11-15(24)20-13-9-7-8-10-14(13)28(25,26)23-19(4,5)6/h7-10,23H,11-12H2,1-6H3,(H,20,24). The van der Waals surface area contributed by atoms with Crippen LogP contribution < -0.4 is 10.0 Å². The lowest BCUT2D eigenvalue weighted by Crippen LogP contribution is -2.40. The van der Waals surface area contributed by atoms with Crippen LogP contribution in [-0.2, 0) is 26.7 Å². The van der Waals surface area contributed by atoms with Gasteiger partial charge in [0.1, 0.15) is 4.90 Å². The lowest BCUT2D eigenvalue weighted by molar-refractivity contribution is -0.116. The van der Waals surface area contributed by atoms with E-state index >= 15 is 0 Å². The molecule has 0 spiro atoms.